The third-order valence-electron chi connectivity index (χ3n) is 4.59. The van der Waals surface area contributed by atoms with Crippen molar-refractivity contribution >= 4 is 0 Å². The SMILES string of the molecule is CCCCCCCCC(NC)c1ccc(CC)c(CC)c1. The lowest BCUT2D eigenvalue weighted by Crippen LogP contribution is -2.16. The predicted molar refractivity (Wildman–Crippen MR) is 95.0 cm³/mol. The molecule has 0 amide bonds. The lowest BCUT2D eigenvalue weighted by molar-refractivity contribution is 0.497. The Kier molecular flexibility index (Phi) is 9.41. The second-order valence-corrected chi connectivity index (χ2v) is 6.13. The van der Waals surface area contributed by atoms with Crippen LogP contribution in [0.1, 0.15) is 88.4 Å². The molecule has 1 nitrogen and oxygen atoms in total. The molecular formula is C20H35N. The number of unbranched alkanes of at least 4 members (excludes halogenated alkanes) is 5. The fourth-order valence-electron chi connectivity index (χ4n) is 3.14. The summed E-state index contributed by atoms with van der Waals surface area (Å²) >= 11 is 0. The van der Waals surface area contributed by atoms with Gasteiger partial charge in [0.1, 0.15) is 0 Å². The Balaban J connectivity index is 2.51. The van der Waals surface area contributed by atoms with E-state index in [9.17, 15) is 0 Å². The number of benzene rings is 1. The molecule has 1 N–H and O–H groups in total. The molecule has 1 aromatic rings. The maximum absolute atomic E-state index is 3.51. The first-order valence-electron chi connectivity index (χ1n) is 9.05. The fraction of sp³-hybridized carbons (Fsp3) is 0.700. The first kappa shape index (κ1) is 18.2. The highest BCUT2D eigenvalue weighted by atomic mass is 14.9. The molecule has 0 spiro atoms. The van der Waals surface area contributed by atoms with Crippen LogP contribution in [0.4, 0.5) is 0 Å². The minimum atomic E-state index is 0.521. The van der Waals surface area contributed by atoms with Crippen molar-refractivity contribution in [2.45, 2.75) is 84.6 Å². The van der Waals surface area contributed by atoms with Crippen molar-refractivity contribution < 1.29 is 0 Å². The van der Waals surface area contributed by atoms with Crippen molar-refractivity contribution in [1.82, 2.24) is 5.32 Å². The number of aryl methyl sites for hydroxylation is 2. The Morgan fingerprint density at radius 2 is 1.52 bits per heavy atom. The van der Waals surface area contributed by atoms with E-state index in [4.69, 9.17) is 0 Å². The van der Waals surface area contributed by atoms with Gasteiger partial charge in [0.05, 0.1) is 0 Å². The first-order chi connectivity index (χ1) is 10.3. The van der Waals surface area contributed by atoms with Crippen molar-refractivity contribution in [3.05, 3.63) is 34.9 Å². The molecule has 1 rings (SSSR count). The van der Waals surface area contributed by atoms with Crippen LogP contribution in [0.25, 0.3) is 0 Å². The van der Waals surface area contributed by atoms with Gasteiger partial charge in [-0.05, 0) is 43.0 Å². The summed E-state index contributed by atoms with van der Waals surface area (Å²) in [7, 11) is 2.10. The van der Waals surface area contributed by atoms with Crippen molar-refractivity contribution in [3.63, 3.8) is 0 Å². The molecule has 0 aliphatic rings. The monoisotopic (exact) mass is 289 g/mol. The fourth-order valence-corrected chi connectivity index (χ4v) is 3.14. The second-order valence-electron chi connectivity index (χ2n) is 6.13. The van der Waals surface area contributed by atoms with E-state index < -0.39 is 0 Å². The van der Waals surface area contributed by atoms with Crippen LogP contribution >= 0.6 is 0 Å². The summed E-state index contributed by atoms with van der Waals surface area (Å²) in [5.74, 6) is 0. The molecule has 1 aromatic carbocycles. The van der Waals surface area contributed by atoms with E-state index in [2.05, 4.69) is 51.3 Å². The molecule has 0 aliphatic heterocycles. The molecule has 0 heterocycles. The number of nitrogens with one attached hydrogen (secondary N) is 1. The Morgan fingerprint density at radius 1 is 0.857 bits per heavy atom. The minimum absolute atomic E-state index is 0.521. The molecule has 0 fully saturated rings. The molecule has 0 aromatic heterocycles. The molecule has 1 atom stereocenters. The highest BCUT2D eigenvalue weighted by Gasteiger charge is 2.10. The molecule has 1 heteroatoms. The Labute approximate surface area is 132 Å². The van der Waals surface area contributed by atoms with Gasteiger partial charge in [0.2, 0.25) is 0 Å². The van der Waals surface area contributed by atoms with Crippen molar-refractivity contribution in [3.8, 4) is 0 Å². The van der Waals surface area contributed by atoms with Crippen molar-refractivity contribution in [2.75, 3.05) is 7.05 Å². The molecule has 0 aliphatic carbocycles. The maximum atomic E-state index is 3.51. The summed E-state index contributed by atoms with van der Waals surface area (Å²) in [6, 6.07) is 7.61. The summed E-state index contributed by atoms with van der Waals surface area (Å²) in [5.41, 5.74) is 4.51. The summed E-state index contributed by atoms with van der Waals surface area (Å²) in [6.45, 7) is 6.79. The van der Waals surface area contributed by atoms with E-state index in [-0.39, 0.29) is 0 Å². The third kappa shape index (κ3) is 6.22. The van der Waals surface area contributed by atoms with Gasteiger partial charge in [0.25, 0.3) is 0 Å². The van der Waals surface area contributed by atoms with Crippen LogP contribution in [0, 0.1) is 0 Å². The molecule has 1 unspecified atom stereocenters. The quantitative estimate of drug-likeness (QED) is 0.506. The van der Waals surface area contributed by atoms with Gasteiger partial charge in [-0.2, -0.15) is 0 Å². The van der Waals surface area contributed by atoms with Crippen LogP contribution in [0.3, 0.4) is 0 Å². The highest BCUT2D eigenvalue weighted by molar-refractivity contribution is 5.33. The Bertz CT molecular complexity index is 383. The van der Waals surface area contributed by atoms with E-state index >= 15 is 0 Å². The lowest BCUT2D eigenvalue weighted by atomic mass is 9.94. The van der Waals surface area contributed by atoms with Crippen LogP contribution in [0.5, 0.6) is 0 Å². The zero-order valence-corrected chi connectivity index (χ0v) is 14.7. The van der Waals surface area contributed by atoms with Crippen molar-refractivity contribution in [2.24, 2.45) is 0 Å². The Hall–Kier alpha value is -0.820. The zero-order chi connectivity index (χ0) is 15.5. The molecular weight excluding hydrogens is 254 g/mol. The van der Waals surface area contributed by atoms with Gasteiger partial charge < -0.3 is 5.32 Å². The van der Waals surface area contributed by atoms with Gasteiger partial charge in [-0.3, -0.25) is 0 Å². The van der Waals surface area contributed by atoms with Gasteiger partial charge in [-0.15, -0.1) is 0 Å². The van der Waals surface area contributed by atoms with Crippen LogP contribution < -0.4 is 5.32 Å². The maximum Gasteiger partial charge on any atom is 0.0317 e. The molecule has 0 radical (unpaired) electrons. The molecule has 0 bridgehead atoms. The topological polar surface area (TPSA) is 12.0 Å². The number of hydrogen-bond acceptors (Lipinski definition) is 1. The average molecular weight is 290 g/mol. The smallest absolute Gasteiger partial charge is 0.0317 e. The standard InChI is InChI=1S/C20H35N/c1-5-8-9-10-11-12-13-20(21-4)19-15-14-17(6-2)18(7-3)16-19/h14-16,20-21H,5-13H2,1-4H3. The average Bonchev–Trinajstić information content (AvgIpc) is 2.53. The van der Waals surface area contributed by atoms with E-state index in [1.807, 2.05) is 0 Å². The van der Waals surface area contributed by atoms with E-state index in [0.717, 1.165) is 12.8 Å². The normalized spacial score (nSPS) is 12.6. The van der Waals surface area contributed by atoms with Gasteiger partial charge in [-0.25, -0.2) is 0 Å². The largest absolute Gasteiger partial charge is 0.313 e. The summed E-state index contributed by atoms with van der Waals surface area (Å²) < 4.78 is 0. The molecule has 21 heavy (non-hydrogen) atoms. The van der Waals surface area contributed by atoms with Gasteiger partial charge in [0, 0.05) is 6.04 Å². The van der Waals surface area contributed by atoms with E-state index in [1.54, 1.807) is 0 Å². The first-order valence-corrected chi connectivity index (χ1v) is 9.05. The minimum Gasteiger partial charge on any atom is -0.313 e. The van der Waals surface area contributed by atoms with Gasteiger partial charge in [-0.1, -0.05) is 77.5 Å². The number of hydrogen-bond donors (Lipinski definition) is 1. The molecule has 120 valence electrons. The third-order valence-corrected chi connectivity index (χ3v) is 4.59. The van der Waals surface area contributed by atoms with E-state index in [1.165, 1.54) is 61.6 Å². The van der Waals surface area contributed by atoms with Crippen LogP contribution in [-0.2, 0) is 12.8 Å². The van der Waals surface area contributed by atoms with Gasteiger partial charge in [0.15, 0.2) is 0 Å². The lowest BCUT2D eigenvalue weighted by Gasteiger charge is -2.19. The molecule has 0 saturated carbocycles. The summed E-state index contributed by atoms with van der Waals surface area (Å²) in [4.78, 5) is 0. The van der Waals surface area contributed by atoms with E-state index in [0.29, 0.717) is 6.04 Å². The van der Waals surface area contributed by atoms with Crippen LogP contribution in [-0.4, -0.2) is 7.05 Å². The molecule has 0 saturated heterocycles. The van der Waals surface area contributed by atoms with Crippen LogP contribution in [0.2, 0.25) is 0 Å². The van der Waals surface area contributed by atoms with Crippen molar-refractivity contribution in [1.29, 1.82) is 0 Å². The Morgan fingerprint density at radius 3 is 2.14 bits per heavy atom. The van der Waals surface area contributed by atoms with Crippen LogP contribution in [0.15, 0.2) is 18.2 Å². The summed E-state index contributed by atoms with van der Waals surface area (Å²) in [5, 5.41) is 3.51. The van der Waals surface area contributed by atoms with Gasteiger partial charge >= 0.3 is 0 Å². The second kappa shape index (κ2) is 10.8. The summed E-state index contributed by atoms with van der Waals surface area (Å²) in [6.07, 6.45) is 11.8. The zero-order valence-electron chi connectivity index (χ0n) is 14.7. The highest BCUT2D eigenvalue weighted by Crippen LogP contribution is 2.23. The predicted octanol–water partition coefficient (Wildman–Crippen LogP) is 5.82. The number of rotatable bonds is 11.